The smallest absolute Gasteiger partial charge is 0.246 e. The first kappa shape index (κ1) is 26.2. The maximum atomic E-state index is 12.9. The molecule has 3 aromatic heterocycles. The molecular formula is C32H34N6OS. The highest BCUT2D eigenvalue weighted by Crippen LogP contribution is 2.38. The lowest BCUT2D eigenvalue weighted by atomic mass is 10.0. The lowest BCUT2D eigenvalue weighted by molar-refractivity contribution is -0.126. The van der Waals surface area contributed by atoms with Gasteiger partial charge in [-0.1, -0.05) is 50.3 Å². The number of hydrogen-bond acceptors (Lipinski definition) is 6. The molecule has 40 heavy (non-hydrogen) atoms. The number of likely N-dealkylation sites (N-methyl/N-ethyl adjacent to an activating group) is 1. The van der Waals surface area contributed by atoms with Crippen molar-refractivity contribution in [1.29, 1.82) is 0 Å². The second kappa shape index (κ2) is 11.6. The molecule has 5 aromatic rings. The number of nitrogens with one attached hydrogen (secondary N) is 1. The highest BCUT2D eigenvalue weighted by atomic mass is 32.1. The van der Waals surface area contributed by atoms with Gasteiger partial charge in [0.15, 0.2) is 0 Å². The van der Waals surface area contributed by atoms with Crippen molar-refractivity contribution in [2.24, 2.45) is 0 Å². The number of nitrogens with zero attached hydrogens (tertiary/aromatic N) is 5. The molecule has 2 aromatic carbocycles. The molecule has 7 nitrogen and oxygen atoms in total. The molecule has 1 N–H and O–H groups in total. The fourth-order valence-corrected chi connectivity index (χ4v) is 6.64. The van der Waals surface area contributed by atoms with Crippen molar-refractivity contribution in [3.8, 4) is 0 Å². The largest absolute Gasteiger partial charge is 0.343 e. The molecule has 1 amide bonds. The van der Waals surface area contributed by atoms with E-state index in [-0.39, 0.29) is 5.91 Å². The Bertz CT molecular complexity index is 1670. The Balaban J connectivity index is 1.20. The van der Waals surface area contributed by atoms with Gasteiger partial charge >= 0.3 is 0 Å². The van der Waals surface area contributed by atoms with Gasteiger partial charge in [0.2, 0.25) is 5.91 Å². The number of aromatic nitrogens is 3. The third-order valence-electron chi connectivity index (χ3n) is 7.70. The minimum absolute atomic E-state index is 0.0761. The normalized spacial score (nSPS) is 13.5. The Morgan fingerprint density at radius 3 is 2.77 bits per heavy atom. The molecule has 0 aliphatic carbocycles. The van der Waals surface area contributed by atoms with E-state index in [0.717, 1.165) is 54.3 Å². The van der Waals surface area contributed by atoms with Gasteiger partial charge in [0.1, 0.15) is 17.0 Å². The summed E-state index contributed by atoms with van der Waals surface area (Å²) < 4.78 is 2.28. The summed E-state index contributed by atoms with van der Waals surface area (Å²) >= 11 is 1.67. The fourth-order valence-electron chi connectivity index (χ4n) is 5.43. The van der Waals surface area contributed by atoms with Crippen LogP contribution in [0.5, 0.6) is 0 Å². The molecule has 0 spiro atoms. The van der Waals surface area contributed by atoms with E-state index in [1.165, 1.54) is 26.9 Å². The number of hydrogen-bond donors (Lipinski definition) is 1. The Morgan fingerprint density at radius 2 is 1.95 bits per heavy atom. The molecule has 0 bridgehead atoms. The van der Waals surface area contributed by atoms with Crippen LogP contribution in [0.15, 0.2) is 79.3 Å². The van der Waals surface area contributed by atoms with Crippen LogP contribution in [-0.4, -0.2) is 56.4 Å². The zero-order chi connectivity index (χ0) is 27.5. The average Bonchev–Trinajstić information content (AvgIpc) is 3.56. The van der Waals surface area contributed by atoms with Crippen LogP contribution >= 0.6 is 11.3 Å². The quantitative estimate of drug-likeness (QED) is 0.221. The summed E-state index contributed by atoms with van der Waals surface area (Å²) in [6.45, 7) is 9.20. The molecule has 6 rings (SSSR count). The molecular weight excluding hydrogens is 516 g/mol. The highest BCUT2D eigenvalue weighted by Gasteiger charge is 2.25. The number of benzene rings is 2. The maximum Gasteiger partial charge on any atom is 0.246 e. The number of rotatable bonds is 9. The van der Waals surface area contributed by atoms with Gasteiger partial charge in [-0.05, 0) is 54.9 Å². The van der Waals surface area contributed by atoms with E-state index in [1.54, 1.807) is 23.7 Å². The summed E-state index contributed by atoms with van der Waals surface area (Å²) in [6, 6.07) is 19.1. The summed E-state index contributed by atoms with van der Waals surface area (Å²) in [7, 11) is 0. The Morgan fingerprint density at radius 1 is 1.10 bits per heavy atom. The number of carbonyl (C=O) groups is 1. The standard InChI is InChI=1S/C32H34N6OS/c1-3-36(4-2)16-8-11-29(39)38-18-15-26-28(21-38)40-32-30(26)31(33-22-34-32)35-25-12-13-27-24(19-25)14-17-37(27)20-23-9-6-5-7-10-23/h5-14,17,19,22H,3-4,15-16,18,20-21H2,1-2H3,(H,33,34,35)/b11-8+. The van der Waals surface area contributed by atoms with Crippen molar-refractivity contribution in [3.63, 3.8) is 0 Å². The van der Waals surface area contributed by atoms with Crippen molar-refractivity contribution >= 4 is 49.9 Å². The van der Waals surface area contributed by atoms with Crippen LogP contribution in [0.1, 0.15) is 29.9 Å². The van der Waals surface area contributed by atoms with Crippen LogP contribution in [0.2, 0.25) is 0 Å². The number of amides is 1. The molecule has 8 heteroatoms. The number of thiophene rings is 1. The van der Waals surface area contributed by atoms with Crippen molar-refractivity contribution in [2.45, 2.75) is 33.4 Å². The monoisotopic (exact) mass is 550 g/mol. The van der Waals surface area contributed by atoms with Crippen molar-refractivity contribution in [2.75, 3.05) is 31.5 Å². The van der Waals surface area contributed by atoms with Gasteiger partial charge in [0, 0.05) is 53.4 Å². The van der Waals surface area contributed by atoms with E-state index in [1.807, 2.05) is 17.0 Å². The summed E-state index contributed by atoms with van der Waals surface area (Å²) in [5.74, 6) is 0.900. The molecule has 0 saturated carbocycles. The zero-order valence-electron chi connectivity index (χ0n) is 23.0. The van der Waals surface area contributed by atoms with E-state index < -0.39 is 0 Å². The van der Waals surface area contributed by atoms with E-state index >= 15 is 0 Å². The van der Waals surface area contributed by atoms with Crippen LogP contribution in [0, 0.1) is 0 Å². The lowest BCUT2D eigenvalue weighted by Gasteiger charge is -2.26. The summed E-state index contributed by atoms with van der Waals surface area (Å²) in [5, 5.41) is 5.83. The van der Waals surface area contributed by atoms with Gasteiger partial charge in [0.05, 0.1) is 11.9 Å². The van der Waals surface area contributed by atoms with E-state index in [9.17, 15) is 4.79 Å². The van der Waals surface area contributed by atoms with Crippen LogP contribution in [0.3, 0.4) is 0 Å². The molecule has 0 saturated heterocycles. The summed E-state index contributed by atoms with van der Waals surface area (Å²) in [5.41, 5.74) is 4.74. The van der Waals surface area contributed by atoms with Gasteiger partial charge in [-0.25, -0.2) is 9.97 Å². The highest BCUT2D eigenvalue weighted by molar-refractivity contribution is 7.19. The summed E-state index contributed by atoms with van der Waals surface area (Å²) in [4.78, 5) is 28.5. The summed E-state index contributed by atoms with van der Waals surface area (Å²) in [6.07, 6.45) is 8.28. The van der Waals surface area contributed by atoms with Gasteiger partial charge in [-0.2, -0.15) is 0 Å². The predicted octanol–water partition coefficient (Wildman–Crippen LogP) is 6.22. The third-order valence-corrected chi connectivity index (χ3v) is 8.82. The molecule has 1 aliphatic rings. The minimum Gasteiger partial charge on any atom is -0.343 e. The number of anilines is 2. The molecule has 4 heterocycles. The minimum atomic E-state index is 0.0761. The van der Waals surface area contributed by atoms with Gasteiger partial charge in [-0.15, -0.1) is 11.3 Å². The van der Waals surface area contributed by atoms with Crippen molar-refractivity contribution in [3.05, 3.63) is 95.3 Å². The van der Waals surface area contributed by atoms with Crippen molar-refractivity contribution < 1.29 is 4.79 Å². The van der Waals surface area contributed by atoms with E-state index in [4.69, 9.17) is 0 Å². The molecule has 1 aliphatic heterocycles. The average molecular weight is 551 g/mol. The van der Waals surface area contributed by atoms with Crippen molar-refractivity contribution in [1.82, 2.24) is 24.3 Å². The molecule has 0 unspecified atom stereocenters. The third kappa shape index (κ3) is 5.37. The first-order valence-electron chi connectivity index (χ1n) is 14.0. The second-order valence-electron chi connectivity index (χ2n) is 10.1. The maximum absolute atomic E-state index is 12.9. The zero-order valence-corrected chi connectivity index (χ0v) is 23.8. The van der Waals surface area contributed by atoms with E-state index in [0.29, 0.717) is 13.1 Å². The van der Waals surface area contributed by atoms with Gasteiger partial charge in [-0.3, -0.25) is 4.79 Å². The molecule has 0 radical (unpaired) electrons. The van der Waals surface area contributed by atoms with Crippen LogP contribution in [0.4, 0.5) is 11.5 Å². The molecule has 0 atom stereocenters. The Kier molecular flexibility index (Phi) is 7.62. The van der Waals surface area contributed by atoms with Gasteiger partial charge in [0.25, 0.3) is 0 Å². The lowest BCUT2D eigenvalue weighted by Crippen LogP contribution is -2.34. The SMILES string of the molecule is CCN(CC)C/C=C/C(=O)N1CCc2c(sc3ncnc(Nc4ccc5c(ccn5Cc5ccccc5)c4)c23)C1. The topological polar surface area (TPSA) is 66.3 Å². The molecule has 0 fully saturated rings. The first-order valence-corrected chi connectivity index (χ1v) is 14.8. The Hall–Kier alpha value is -4.01. The van der Waals surface area contributed by atoms with Crippen LogP contribution in [-0.2, 0) is 24.3 Å². The Labute approximate surface area is 238 Å². The van der Waals surface area contributed by atoms with Crippen LogP contribution < -0.4 is 5.32 Å². The van der Waals surface area contributed by atoms with Crippen LogP contribution in [0.25, 0.3) is 21.1 Å². The first-order chi connectivity index (χ1) is 19.6. The predicted molar refractivity (Wildman–Crippen MR) is 164 cm³/mol. The second-order valence-corrected chi connectivity index (χ2v) is 11.2. The van der Waals surface area contributed by atoms with E-state index in [2.05, 4.69) is 93.3 Å². The van der Waals surface area contributed by atoms with Gasteiger partial charge < -0.3 is 19.7 Å². The fraction of sp³-hybridized carbons (Fsp3) is 0.281. The number of fused-ring (bicyclic) bond motifs is 4. The molecule has 204 valence electrons. The number of carbonyl (C=O) groups excluding carboxylic acids is 1.